The molecule has 3 aromatic carbocycles. The van der Waals surface area contributed by atoms with Crippen molar-refractivity contribution >= 4 is 22.6 Å². The van der Waals surface area contributed by atoms with Gasteiger partial charge in [0, 0.05) is 5.69 Å². The Morgan fingerprint density at radius 1 is 0.946 bits per heavy atom. The van der Waals surface area contributed by atoms with E-state index in [0.717, 1.165) is 18.4 Å². The third kappa shape index (κ3) is 4.46. The smallest absolute Gasteiger partial charge is 0.295 e. The molecule has 6 nitrogen and oxygen atoms in total. The standard InChI is InChI=1S/C30H28FNO5/c1-4-6-15-36-24-14-8-19(17-25(24)35-5-2)27-26-28(33)22-16-18(3)7-13-23(22)37-29(26)30(34)32(27)21-11-9-20(31)10-12-21/h7-14,16-17,27H,4-6,15H2,1-3H3. The molecular formula is C30H28FNO5. The molecule has 0 N–H and O–H groups in total. The van der Waals surface area contributed by atoms with Gasteiger partial charge in [0.05, 0.1) is 30.2 Å². The van der Waals surface area contributed by atoms with Crippen LogP contribution < -0.4 is 19.8 Å². The highest BCUT2D eigenvalue weighted by Crippen LogP contribution is 2.43. The van der Waals surface area contributed by atoms with Gasteiger partial charge in [0.1, 0.15) is 11.4 Å². The molecule has 0 bridgehead atoms. The van der Waals surface area contributed by atoms with E-state index in [0.29, 0.717) is 46.9 Å². The molecule has 1 amide bonds. The minimum absolute atomic E-state index is 0.0167. The number of rotatable bonds is 8. The Hall–Kier alpha value is -4.13. The normalized spacial score (nSPS) is 14.8. The van der Waals surface area contributed by atoms with Gasteiger partial charge in [0.15, 0.2) is 16.9 Å². The van der Waals surface area contributed by atoms with Crippen molar-refractivity contribution in [3.63, 3.8) is 0 Å². The van der Waals surface area contributed by atoms with Crippen molar-refractivity contribution in [2.45, 2.75) is 39.7 Å². The van der Waals surface area contributed by atoms with E-state index in [2.05, 4.69) is 6.92 Å². The van der Waals surface area contributed by atoms with Crippen molar-refractivity contribution in [2.24, 2.45) is 0 Å². The largest absolute Gasteiger partial charge is 0.490 e. The van der Waals surface area contributed by atoms with Crippen LogP contribution in [0.2, 0.25) is 0 Å². The van der Waals surface area contributed by atoms with Gasteiger partial charge in [-0.25, -0.2) is 4.39 Å². The molecule has 190 valence electrons. The van der Waals surface area contributed by atoms with Gasteiger partial charge in [-0.3, -0.25) is 14.5 Å². The van der Waals surface area contributed by atoms with Gasteiger partial charge in [0.25, 0.3) is 5.91 Å². The van der Waals surface area contributed by atoms with E-state index >= 15 is 0 Å². The fourth-order valence-corrected chi connectivity index (χ4v) is 4.68. The molecule has 1 unspecified atom stereocenters. The SMILES string of the molecule is CCCCOc1ccc(C2c3c(oc4ccc(C)cc4c3=O)C(=O)N2c2ccc(F)cc2)cc1OCC. The first-order valence-corrected chi connectivity index (χ1v) is 12.5. The van der Waals surface area contributed by atoms with Crippen molar-refractivity contribution < 1.29 is 23.1 Å². The summed E-state index contributed by atoms with van der Waals surface area (Å²) >= 11 is 0. The number of nitrogens with zero attached hydrogens (tertiary/aromatic N) is 1. The van der Waals surface area contributed by atoms with Gasteiger partial charge in [-0.05, 0) is 74.4 Å². The van der Waals surface area contributed by atoms with Gasteiger partial charge < -0.3 is 13.9 Å². The number of carbonyl (C=O) groups excluding carboxylic acids is 1. The van der Waals surface area contributed by atoms with Crippen LogP contribution in [0.25, 0.3) is 11.0 Å². The molecule has 37 heavy (non-hydrogen) atoms. The lowest BCUT2D eigenvalue weighted by atomic mass is 9.97. The summed E-state index contributed by atoms with van der Waals surface area (Å²) in [6.45, 7) is 6.83. The number of hydrogen-bond donors (Lipinski definition) is 0. The first-order chi connectivity index (χ1) is 17.9. The molecule has 0 spiro atoms. The molecule has 5 rings (SSSR count). The van der Waals surface area contributed by atoms with Gasteiger partial charge >= 0.3 is 0 Å². The molecule has 1 aliphatic rings. The van der Waals surface area contributed by atoms with Crippen LogP contribution >= 0.6 is 0 Å². The number of ether oxygens (including phenoxy) is 2. The fourth-order valence-electron chi connectivity index (χ4n) is 4.68. The summed E-state index contributed by atoms with van der Waals surface area (Å²) in [6, 6.07) is 15.5. The van der Waals surface area contributed by atoms with Gasteiger partial charge in [-0.2, -0.15) is 0 Å². The minimum atomic E-state index is -0.793. The van der Waals surface area contributed by atoms with E-state index < -0.39 is 17.8 Å². The summed E-state index contributed by atoms with van der Waals surface area (Å²) < 4.78 is 31.6. The average molecular weight is 502 g/mol. The Morgan fingerprint density at radius 3 is 2.46 bits per heavy atom. The Balaban J connectivity index is 1.71. The number of anilines is 1. The van der Waals surface area contributed by atoms with E-state index in [-0.39, 0.29) is 16.8 Å². The van der Waals surface area contributed by atoms with Gasteiger partial charge in [-0.15, -0.1) is 0 Å². The van der Waals surface area contributed by atoms with Crippen LogP contribution in [0, 0.1) is 12.7 Å². The van der Waals surface area contributed by atoms with Crippen LogP contribution in [0.5, 0.6) is 11.5 Å². The van der Waals surface area contributed by atoms with Crippen LogP contribution in [-0.4, -0.2) is 19.1 Å². The molecule has 7 heteroatoms. The van der Waals surface area contributed by atoms with Gasteiger partial charge in [-0.1, -0.05) is 31.0 Å². The molecule has 0 radical (unpaired) electrons. The predicted octanol–water partition coefficient (Wildman–Crippen LogP) is 6.57. The molecule has 1 atom stereocenters. The number of hydrogen-bond acceptors (Lipinski definition) is 5. The lowest BCUT2D eigenvalue weighted by Gasteiger charge is -2.26. The summed E-state index contributed by atoms with van der Waals surface area (Å²) in [5, 5.41) is 0.405. The monoisotopic (exact) mass is 501 g/mol. The summed E-state index contributed by atoms with van der Waals surface area (Å²) in [7, 11) is 0. The van der Waals surface area contributed by atoms with Crippen molar-refractivity contribution in [3.05, 3.63) is 99.2 Å². The van der Waals surface area contributed by atoms with Crippen LogP contribution in [0.15, 0.2) is 69.9 Å². The third-order valence-corrected chi connectivity index (χ3v) is 6.47. The molecule has 4 aromatic rings. The summed E-state index contributed by atoms with van der Waals surface area (Å²) in [5.74, 6) is 0.214. The quantitative estimate of drug-likeness (QED) is 0.256. The maximum atomic E-state index is 13.8. The first-order valence-electron chi connectivity index (χ1n) is 12.5. The number of benzene rings is 3. The molecule has 0 fully saturated rings. The van der Waals surface area contributed by atoms with E-state index in [1.54, 1.807) is 24.3 Å². The summed E-state index contributed by atoms with van der Waals surface area (Å²) in [6.07, 6.45) is 1.91. The Labute approximate surface area is 214 Å². The number of fused-ring (bicyclic) bond motifs is 2. The van der Waals surface area contributed by atoms with E-state index in [1.807, 2.05) is 26.0 Å². The summed E-state index contributed by atoms with van der Waals surface area (Å²) in [4.78, 5) is 29.0. The maximum Gasteiger partial charge on any atom is 0.295 e. The molecule has 1 aromatic heterocycles. The number of aryl methyl sites for hydroxylation is 1. The zero-order valence-corrected chi connectivity index (χ0v) is 21.0. The molecule has 2 heterocycles. The summed E-state index contributed by atoms with van der Waals surface area (Å²) in [5.41, 5.74) is 2.32. The Bertz CT molecular complexity index is 1530. The second-order valence-electron chi connectivity index (χ2n) is 9.07. The molecule has 1 aliphatic heterocycles. The van der Waals surface area contributed by atoms with Crippen LogP contribution in [0.1, 0.15) is 60.0 Å². The minimum Gasteiger partial charge on any atom is -0.490 e. The number of halogens is 1. The van der Waals surface area contributed by atoms with Crippen LogP contribution in [0.3, 0.4) is 0 Å². The fraction of sp³-hybridized carbons (Fsp3) is 0.267. The van der Waals surface area contributed by atoms with Crippen LogP contribution in [-0.2, 0) is 0 Å². The number of carbonyl (C=O) groups is 1. The Kier molecular flexibility index (Phi) is 6.70. The molecule has 0 saturated carbocycles. The van der Waals surface area contributed by atoms with E-state index in [1.165, 1.54) is 29.2 Å². The van der Waals surface area contributed by atoms with E-state index in [4.69, 9.17) is 13.9 Å². The molecular weight excluding hydrogens is 473 g/mol. The Morgan fingerprint density at radius 2 is 1.73 bits per heavy atom. The highest BCUT2D eigenvalue weighted by Gasteiger charge is 2.44. The van der Waals surface area contributed by atoms with Crippen LogP contribution in [0.4, 0.5) is 10.1 Å². The second kappa shape index (κ2) is 10.1. The number of unbranched alkanes of at least 4 members (excludes halogenated alkanes) is 1. The highest BCUT2D eigenvalue weighted by molar-refractivity contribution is 6.10. The first kappa shape index (κ1) is 24.6. The lowest BCUT2D eigenvalue weighted by Crippen LogP contribution is -2.29. The van der Waals surface area contributed by atoms with Crippen molar-refractivity contribution in [1.29, 1.82) is 0 Å². The lowest BCUT2D eigenvalue weighted by molar-refractivity contribution is 0.0971. The van der Waals surface area contributed by atoms with Crippen molar-refractivity contribution in [3.8, 4) is 11.5 Å². The predicted molar refractivity (Wildman–Crippen MR) is 140 cm³/mol. The second-order valence-corrected chi connectivity index (χ2v) is 9.07. The average Bonchev–Trinajstić information content (AvgIpc) is 3.18. The molecule has 0 saturated heterocycles. The van der Waals surface area contributed by atoms with Gasteiger partial charge in [0.2, 0.25) is 5.76 Å². The number of amides is 1. The van der Waals surface area contributed by atoms with Crippen molar-refractivity contribution in [2.75, 3.05) is 18.1 Å². The topological polar surface area (TPSA) is 69.0 Å². The zero-order valence-electron chi connectivity index (χ0n) is 21.0. The highest BCUT2D eigenvalue weighted by atomic mass is 19.1. The third-order valence-electron chi connectivity index (χ3n) is 6.47. The zero-order chi connectivity index (χ0) is 26.1. The van der Waals surface area contributed by atoms with Crippen molar-refractivity contribution in [1.82, 2.24) is 0 Å². The maximum absolute atomic E-state index is 13.8. The molecule has 0 aliphatic carbocycles. The van der Waals surface area contributed by atoms with E-state index in [9.17, 15) is 14.0 Å².